The number of nitrogens with zero attached hydrogens (tertiary/aromatic N) is 4. The number of para-hydroxylation sites is 1. The molecule has 2 N–H and O–H groups in total. The molecule has 0 saturated carbocycles. The fraction of sp³-hybridized carbons (Fsp3) is 0.435. The molecule has 164 valence electrons. The lowest BCUT2D eigenvalue weighted by atomic mass is 10.1. The van der Waals surface area contributed by atoms with Crippen molar-refractivity contribution >= 4 is 28.3 Å². The largest absolute Gasteiger partial charge is 0.381 e. The predicted octanol–water partition coefficient (Wildman–Crippen LogP) is 3.04. The fourth-order valence-corrected chi connectivity index (χ4v) is 4.00. The van der Waals surface area contributed by atoms with Crippen LogP contribution in [0.4, 0.5) is 11.4 Å². The lowest BCUT2D eigenvalue weighted by molar-refractivity contribution is 0.0904. The number of benzene rings is 1. The first-order valence-electron chi connectivity index (χ1n) is 10.8. The Morgan fingerprint density at radius 1 is 1.23 bits per heavy atom. The van der Waals surface area contributed by atoms with Gasteiger partial charge in [0, 0.05) is 58.3 Å². The smallest absolute Gasteiger partial charge is 0.255 e. The van der Waals surface area contributed by atoms with Gasteiger partial charge in [0.25, 0.3) is 5.91 Å². The minimum absolute atomic E-state index is 0.151. The van der Waals surface area contributed by atoms with E-state index in [2.05, 4.69) is 20.7 Å². The second kappa shape index (κ2) is 9.34. The van der Waals surface area contributed by atoms with E-state index in [0.717, 1.165) is 60.6 Å². The van der Waals surface area contributed by atoms with Crippen molar-refractivity contribution in [3.05, 3.63) is 47.8 Å². The Balaban J connectivity index is 1.62. The molecule has 0 radical (unpaired) electrons. The van der Waals surface area contributed by atoms with Crippen LogP contribution in [0, 0.1) is 0 Å². The van der Waals surface area contributed by atoms with Gasteiger partial charge in [0.15, 0.2) is 5.65 Å². The molecule has 0 unspecified atom stereocenters. The summed E-state index contributed by atoms with van der Waals surface area (Å²) < 4.78 is 7.34. The number of aromatic nitrogens is 3. The molecule has 3 aromatic rings. The molecule has 0 spiro atoms. The van der Waals surface area contributed by atoms with E-state index in [1.165, 1.54) is 0 Å². The monoisotopic (exact) mass is 422 g/mol. The minimum Gasteiger partial charge on any atom is -0.381 e. The van der Waals surface area contributed by atoms with Crippen LogP contribution in [0.2, 0.25) is 0 Å². The zero-order valence-corrected chi connectivity index (χ0v) is 18.4. The topological polar surface area (TPSA) is 84.3 Å². The normalized spacial score (nSPS) is 14.5. The average molecular weight is 423 g/mol. The number of anilines is 2. The molecule has 1 amide bonds. The summed E-state index contributed by atoms with van der Waals surface area (Å²) in [6.07, 6.45) is 5.27. The Morgan fingerprint density at radius 3 is 2.74 bits per heavy atom. The Hall–Kier alpha value is -3.13. The van der Waals surface area contributed by atoms with Crippen LogP contribution < -0.4 is 15.5 Å². The highest BCUT2D eigenvalue weighted by molar-refractivity contribution is 6.06. The van der Waals surface area contributed by atoms with Gasteiger partial charge in [0.05, 0.1) is 22.8 Å². The number of ether oxygens (including phenoxy) is 1. The van der Waals surface area contributed by atoms with Crippen LogP contribution in [0.15, 0.2) is 36.7 Å². The number of carbonyl (C=O) groups excluding carboxylic acids is 1. The lowest BCUT2D eigenvalue weighted by Crippen LogP contribution is -2.30. The van der Waals surface area contributed by atoms with Crippen molar-refractivity contribution in [1.82, 2.24) is 20.1 Å². The summed E-state index contributed by atoms with van der Waals surface area (Å²) in [6, 6.07) is 8.32. The van der Waals surface area contributed by atoms with Crippen molar-refractivity contribution in [2.75, 3.05) is 37.5 Å². The molecule has 8 nitrogen and oxygen atoms in total. The molecule has 1 saturated heterocycles. The number of carbonyl (C=O) groups is 1. The number of pyridine rings is 1. The van der Waals surface area contributed by atoms with Gasteiger partial charge in [-0.1, -0.05) is 18.2 Å². The summed E-state index contributed by atoms with van der Waals surface area (Å²) in [7, 11) is 4.00. The molecule has 3 heterocycles. The first kappa shape index (κ1) is 21.1. The highest BCUT2D eigenvalue weighted by Crippen LogP contribution is 2.28. The van der Waals surface area contributed by atoms with Crippen molar-refractivity contribution in [2.24, 2.45) is 0 Å². The fourth-order valence-electron chi connectivity index (χ4n) is 4.00. The van der Waals surface area contributed by atoms with Crippen LogP contribution >= 0.6 is 0 Å². The third-order valence-corrected chi connectivity index (χ3v) is 5.69. The highest BCUT2D eigenvalue weighted by atomic mass is 16.5. The molecule has 4 rings (SSSR count). The summed E-state index contributed by atoms with van der Waals surface area (Å²) in [6.45, 7) is 4.64. The van der Waals surface area contributed by atoms with Gasteiger partial charge in [-0.25, -0.2) is 9.67 Å². The van der Waals surface area contributed by atoms with Crippen LogP contribution in [0.25, 0.3) is 11.0 Å². The number of nitrogens with one attached hydrogen (secondary N) is 2. The van der Waals surface area contributed by atoms with Gasteiger partial charge in [-0.05, 0) is 31.4 Å². The molecule has 1 aliphatic rings. The molecule has 0 bridgehead atoms. The quantitative estimate of drug-likeness (QED) is 0.609. The third kappa shape index (κ3) is 4.49. The third-order valence-electron chi connectivity index (χ3n) is 5.69. The number of fused-ring (bicyclic) bond motifs is 1. The van der Waals surface area contributed by atoms with Crippen molar-refractivity contribution in [3.8, 4) is 0 Å². The van der Waals surface area contributed by atoms with Gasteiger partial charge < -0.3 is 20.3 Å². The molecular formula is C23H30N6O2. The van der Waals surface area contributed by atoms with Crippen molar-refractivity contribution in [3.63, 3.8) is 0 Å². The standard InChI is InChI=1S/C23H30N6O2/c1-4-29-22-18(15-26-29)21(27-17-9-11-31-12-10-17)19(14-24-22)23(30)25-13-16-7-5-6-8-20(16)28(2)3/h5-8,14-15,17H,4,9-13H2,1-3H3,(H,24,27)(H,25,30). The van der Waals surface area contributed by atoms with Crippen molar-refractivity contribution in [1.29, 1.82) is 0 Å². The predicted molar refractivity (Wildman–Crippen MR) is 123 cm³/mol. The Kier molecular flexibility index (Phi) is 6.36. The maximum Gasteiger partial charge on any atom is 0.255 e. The van der Waals surface area contributed by atoms with E-state index >= 15 is 0 Å². The number of aryl methyl sites for hydroxylation is 1. The van der Waals surface area contributed by atoms with Gasteiger partial charge >= 0.3 is 0 Å². The van der Waals surface area contributed by atoms with Crippen LogP contribution in [0.3, 0.4) is 0 Å². The zero-order valence-electron chi connectivity index (χ0n) is 18.4. The molecule has 1 aliphatic heterocycles. The number of rotatable bonds is 7. The van der Waals surface area contributed by atoms with E-state index in [9.17, 15) is 4.79 Å². The average Bonchev–Trinajstić information content (AvgIpc) is 3.22. The van der Waals surface area contributed by atoms with Crippen molar-refractivity contribution in [2.45, 2.75) is 38.9 Å². The Morgan fingerprint density at radius 2 is 2.00 bits per heavy atom. The minimum atomic E-state index is -0.151. The van der Waals surface area contributed by atoms with Crippen LogP contribution in [-0.4, -0.2) is 54.0 Å². The molecular weight excluding hydrogens is 392 g/mol. The van der Waals surface area contributed by atoms with E-state index in [1.54, 1.807) is 12.4 Å². The van der Waals surface area contributed by atoms with Gasteiger partial charge in [-0.3, -0.25) is 4.79 Å². The number of hydrogen-bond donors (Lipinski definition) is 2. The number of hydrogen-bond acceptors (Lipinski definition) is 6. The molecule has 0 atom stereocenters. The van der Waals surface area contributed by atoms with E-state index < -0.39 is 0 Å². The second-order valence-corrected chi connectivity index (χ2v) is 7.98. The van der Waals surface area contributed by atoms with E-state index in [0.29, 0.717) is 12.1 Å². The molecule has 1 aromatic carbocycles. The summed E-state index contributed by atoms with van der Waals surface area (Å²) in [5.41, 5.74) is 4.27. The maximum atomic E-state index is 13.2. The summed E-state index contributed by atoms with van der Waals surface area (Å²) in [5, 5.41) is 12.0. The van der Waals surface area contributed by atoms with E-state index in [1.807, 2.05) is 54.9 Å². The lowest BCUT2D eigenvalue weighted by Gasteiger charge is -2.25. The van der Waals surface area contributed by atoms with Crippen molar-refractivity contribution < 1.29 is 9.53 Å². The molecule has 31 heavy (non-hydrogen) atoms. The summed E-state index contributed by atoms with van der Waals surface area (Å²) >= 11 is 0. The number of amides is 1. The van der Waals surface area contributed by atoms with Crippen LogP contribution in [0.1, 0.15) is 35.7 Å². The summed E-state index contributed by atoms with van der Waals surface area (Å²) in [4.78, 5) is 19.8. The first-order chi connectivity index (χ1) is 15.1. The van der Waals surface area contributed by atoms with E-state index in [4.69, 9.17) is 4.74 Å². The Bertz CT molecular complexity index is 1060. The zero-order chi connectivity index (χ0) is 21.8. The van der Waals surface area contributed by atoms with Gasteiger partial charge in [-0.2, -0.15) is 5.10 Å². The van der Waals surface area contributed by atoms with Gasteiger partial charge in [0.2, 0.25) is 0 Å². The maximum absolute atomic E-state index is 13.2. The molecule has 0 aliphatic carbocycles. The molecule has 2 aromatic heterocycles. The first-order valence-corrected chi connectivity index (χ1v) is 10.8. The Labute approximate surface area is 182 Å². The van der Waals surface area contributed by atoms with E-state index in [-0.39, 0.29) is 11.9 Å². The molecule has 8 heteroatoms. The molecule has 1 fully saturated rings. The van der Waals surface area contributed by atoms with Gasteiger partial charge in [-0.15, -0.1) is 0 Å². The summed E-state index contributed by atoms with van der Waals surface area (Å²) in [5.74, 6) is -0.151. The van der Waals surface area contributed by atoms with Gasteiger partial charge in [0.1, 0.15) is 0 Å². The van der Waals surface area contributed by atoms with Crippen LogP contribution in [-0.2, 0) is 17.8 Å². The highest BCUT2D eigenvalue weighted by Gasteiger charge is 2.22. The SMILES string of the molecule is CCn1ncc2c(NC3CCOCC3)c(C(=O)NCc3ccccc3N(C)C)cnc21. The van der Waals surface area contributed by atoms with Crippen LogP contribution in [0.5, 0.6) is 0 Å². The second-order valence-electron chi connectivity index (χ2n) is 7.98.